The van der Waals surface area contributed by atoms with Gasteiger partial charge in [-0.05, 0) is 40.7 Å². The molecule has 1 aliphatic heterocycles. The Morgan fingerprint density at radius 2 is 1.85 bits per heavy atom. The summed E-state index contributed by atoms with van der Waals surface area (Å²) >= 11 is 0. The van der Waals surface area contributed by atoms with E-state index in [0.29, 0.717) is 11.2 Å². The van der Waals surface area contributed by atoms with Gasteiger partial charge in [0.1, 0.15) is 5.75 Å². The fourth-order valence-electron chi connectivity index (χ4n) is 1.98. The van der Waals surface area contributed by atoms with Gasteiger partial charge in [-0.2, -0.15) is 5.26 Å². The summed E-state index contributed by atoms with van der Waals surface area (Å²) < 4.78 is 11.8. The van der Waals surface area contributed by atoms with Crippen molar-refractivity contribution >= 4 is 12.6 Å². The maximum Gasteiger partial charge on any atom is 0.496 e. The van der Waals surface area contributed by atoms with Crippen LogP contribution in [0.3, 0.4) is 0 Å². The van der Waals surface area contributed by atoms with Crippen molar-refractivity contribution in [3.63, 3.8) is 0 Å². The molecule has 1 aromatic rings. The van der Waals surface area contributed by atoms with Crippen molar-refractivity contribution in [2.75, 3.05) is 0 Å². The van der Waals surface area contributed by atoms with Crippen molar-refractivity contribution in [3.05, 3.63) is 18.0 Å². The number of pyridine rings is 1. The highest BCUT2D eigenvalue weighted by molar-refractivity contribution is 6.62. The quantitative estimate of drug-likeness (QED) is 0.831. The fraction of sp³-hybridized carbons (Fsp3) is 0.571. The van der Waals surface area contributed by atoms with Crippen LogP contribution in [-0.4, -0.2) is 28.4 Å². The van der Waals surface area contributed by atoms with Crippen LogP contribution in [0.4, 0.5) is 0 Å². The second-order valence-corrected chi connectivity index (χ2v) is 6.11. The monoisotopic (exact) mass is 274 g/mol. The third kappa shape index (κ3) is 2.39. The fourth-order valence-corrected chi connectivity index (χ4v) is 1.98. The van der Waals surface area contributed by atoms with Gasteiger partial charge in [-0.3, -0.25) is 4.98 Å². The molecule has 0 aliphatic carbocycles. The van der Waals surface area contributed by atoms with Crippen molar-refractivity contribution in [1.82, 2.24) is 4.98 Å². The van der Waals surface area contributed by atoms with Gasteiger partial charge >= 0.3 is 7.12 Å². The minimum absolute atomic E-state index is 0.00809. The normalized spacial score (nSPS) is 21.5. The molecule has 0 bridgehead atoms. The highest BCUT2D eigenvalue weighted by atomic mass is 16.7. The largest absolute Gasteiger partial charge is 0.506 e. The van der Waals surface area contributed by atoms with Gasteiger partial charge in [-0.25, -0.2) is 0 Å². The first kappa shape index (κ1) is 14.8. The minimum Gasteiger partial charge on any atom is -0.506 e. The number of nitriles is 1. The maximum atomic E-state index is 9.99. The van der Waals surface area contributed by atoms with Gasteiger partial charge in [-0.1, -0.05) is 0 Å². The molecule has 0 aromatic carbocycles. The molecular formula is C14H19BN2O3. The molecule has 6 heteroatoms. The molecule has 0 saturated carbocycles. The van der Waals surface area contributed by atoms with Gasteiger partial charge in [0.2, 0.25) is 0 Å². The molecular weight excluding hydrogens is 255 g/mol. The summed E-state index contributed by atoms with van der Waals surface area (Å²) in [5, 5.41) is 18.9. The summed E-state index contributed by atoms with van der Waals surface area (Å²) in [5.41, 5.74) is 0.139. The summed E-state index contributed by atoms with van der Waals surface area (Å²) in [7, 11) is -0.565. The molecule has 0 amide bonds. The van der Waals surface area contributed by atoms with Crippen LogP contribution in [0.15, 0.2) is 12.3 Å². The van der Waals surface area contributed by atoms with Gasteiger partial charge in [0, 0.05) is 11.7 Å². The zero-order valence-electron chi connectivity index (χ0n) is 12.5. The van der Waals surface area contributed by atoms with Crippen molar-refractivity contribution in [3.8, 4) is 11.8 Å². The first-order valence-corrected chi connectivity index (χ1v) is 6.62. The average Bonchev–Trinajstić information content (AvgIpc) is 2.57. The third-order valence-electron chi connectivity index (χ3n) is 4.05. The van der Waals surface area contributed by atoms with E-state index in [2.05, 4.69) is 11.1 Å². The van der Waals surface area contributed by atoms with Gasteiger partial charge in [0.05, 0.1) is 28.9 Å². The van der Waals surface area contributed by atoms with Crippen molar-refractivity contribution in [1.29, 1.82) is 5.26 Å². The lowest BCUT2D eigenvalue weighted by atomic mass is 9.80. The summed E-state index contributed by atoms with van der Waals surface area (Å²) in [6, 6.07) is 3.61. The second kappa shape index (κ2) is 4.76. The number of rotatable bonds is 2. The molecule has 2 rings (SSSR count). The van der Waals surface area contributed by atoms with Gasteiger partial charge in [0.25, 0.3) is 0 Å². The zero-order valence-corrected chi connectivity index (χ0v) is 12.5. The van der Waals surface area contributed by atoms with E-state index in [-0.39, 0.29) is 5.75 Å². The van der Waals surface area contributed by atoms with E-state index < -0.39 is 24.2 Å². The van der Waals surface area contributed by atoms with E-state index >= 15 is 0 Å². The lowest BCUT2D eigenvalue weighted by Gasteiger charge is -2.32. The van der Waals surface area contributed by atoms with E-state index in [4.69, 9.17) is 14.6 Å². The third-order valence-corrected chi connectivity index (χ3v) is 4.05. The molecule has 1 aliphatic rings. The highest BCUT2D eigenvalue weighted by Gasteiger charge is 2.51. The molecule has 5 nitrogen and oxygen atoms in total. The van der Waals surface area contributed by atoms with Crippen LogP contribution in [0, 0.1) is 11.3 Å². The average molecular weight is 274 g/mol. The number of nitrogens with zero attached hydrogens (tertiary/aromatic N) is 2. The molecule has 1 N–H and O–H groups in total. The molecule has 0 radical (unpaired) electrons. The van der Waals surface area contributed by atoms with E-state index in [9.17, 15) is 5.11 Å². The van der Waals surface area contributed by atoms with Crippen molar-refractivity contribution in [2.45, 2.75) is 51.7 Å². The van der Waals surface area contributed by atoms with Crippen LogP contribution < -0.4 is 5.46 Å². The number of aromatic nitrogens is 1. The molecule has 0 spiro atoms. The van der Waals surface area contributed by atoms with E-state index in [1.807, 2.05) is 27.7 Å². The van der Waals surface area contributed by atoms with E-state index in [1.165, 1.54) is 0 Å². The smallest absolute Gasteiger partial charge is 0.496 e. The van der Waals surface area contributed by atoms with E-state index in [0.717, 1.165) is 0 Å². The standard InChI is InChI=1S/C14H19BN2O3/c1-9(7-16)12-11(18)6-10(8-17-12)15-19-13(2,3)14(4,5)20-15/h6,8-9,18H,1-5H3. The van der Waals surface area contributed by atoms with Crippen LogP contribution >= 0.6 is 0 Å². The molecule has 106 valence electrons. The molecule has 1 unspecified atom stereocenters. The Morgan fingerprint density at radius 1 is 1.30 bits per heavy atom. The van der Waals surface area contributed by atoms with Crippen LogP contribution in [0.25, 0.3) is 0 Å². The predicted molar refractivity (Wildman–Crippen MR) is 75.6 cm³/mol. The van der Waals surface area contributed by atoms with Crippen LogP contribution in [0.5, 0.6) is 5.75 Å². The van der Waals surface area contributed by atoms with Gasteiger partial charge < -0.3 is 14.4 Å². The summed E-state index contributed by atoms with van der Waals surface area (Å²) in [4.78, 5) is 4.16. The number of aromatic hydroxyl groups is 1. The van der Waals surface area contributed by atoms with Crippen molar-refractivity contribution in [2.24, 2.45) is 0 Å². The number of hydrogen-bond acceptors (Lipinski definition) is 5. The molecule has 1 aromatic heterocycles. The Labute approximate surface area is 119 Å². The Hall–Kier alpha value is -1.58. The first-order chi connectivity index (χ1) is 9.18. The zero-order chi connectivity index (χ0) is 15.1. The summed E-state index contributed by atoms with van der Waals surface area (Å²) in [5.74, 6) is -0.464. The van der Waals surface area contributed by atoms with Gasteiger partial charge in [0.15, 0.2) is 0 Å². The Kier molecular flexibility index (Phi) is 3.53. The lowest BCUT2D eigenvalue weighted by Crippen LogP contribution is -2.41. The molecule has 1 atom stereocenters. The lowest BCUT2D eigenvalue weighted by molar-refractivity contribution is 0.00578. The maximum absolute atomic E-state index is 9.99. The SMILES string of the molecule is CC(C#N)c1ncc(B2OC(C)(C)C(C)(C)O2)cc1O. The minimum atomic E-state index is -0.565. The molecule has 1 fully saturated rings. The Morgan fingerprint density at radius 3 is 2.30 bits per heavy atom. The second-order valence-electron chi connectivity index (χ2n) is 6.11. The summed E-state index contributed by atoms with van der Waals surface area (Å²) in [6.07, 6.45) is 1.59. The first-order valence-electron chi connectivity index (χ1n) is 6.62. The number of hydrogen-bond donors (Lipinski definition) is 1. The van der Waals surface area contributed by atoms with Crippen LogP contribution in [0.1, 0.15) is 46.2 Å². The summed E-state index contributed by atoms with van der Waals surface area (Å²) in [6.45, 7) is 9.55. The van der Waals surface area contributed by atoms with Gasteiger partial charge in [-0.15, -0.1) is 0 Å². The molecule has 20 heavy (non-hydrogen) atoms. The highest BCUT2D eigenvalue weighted by Crippen LogP contribution is 2.36. The van der Waals surface area contributed by atoms with Crippen LogP contribution in [-0.2, 0) is 9.31 Å². The Balaban J connectivity index is 2.29. The predicted octanol–water partition coefficient (Wildman–Crippen LogP) is 1.71. The van der Waals surface area contributed by atoms with Crippen molar-refractivity contribution < 1.29 is 14.4 Å². The van der Waals surface area contributed by atoms with E-state index in [1.54, 1.807) is 19.2 Å². The van der Waals surface area contributed by atoms with Crippen LogP contribution in [0.2, 0.25) is 0 Å². The topological polar surface area (TPSA) is 75.4 Å². The Bertz CT molecular complexity index is 550. The molecule has 2 heterocycles. The molecule has 1 saturated heterocycles.